The smallest absolute Gasteiger partial charge is 0.226 e. The summed E-state index contributed by atoms with van der Waals surface area (Å²) in [5, 5.41) is 9.81. The summed E-state index contributed by atoms with van der Waals surface area (Å²) in [5.74, 6) is 0.414. The fraction of sp³-hybridized carbons (Fsp3) is 0.200. The van der Waals surface area contributed by atoms with E-state index in [1.165, 1.54) is 18.5 Å². The van der Waals surface area contributed by atoms with Gasteiger partial charge in [0.15, 0.2) is 5.82 Å². The molecule has 5 heteroatoms. The summed E-state index contributed by atoms with van der Waals surface area (Å²) in [6, 6.07) is 0. The summed E-state index contributed by atoms with van der Waals surface area (Å²) >= 11 is 0. The zero-order valence-corrected chi connectivity index (χ0v) is 5.10. The topological polar surface area (TPSA) is 67.9 Å². The van der Waals surface area contributed by atoms with Crippen LogP contribution in [0.25, 0.3) is 0 Å². The lowest BCUT2D eigenvalue weighted by atomic mass is 10.6. The van der Waals surface area contributed by atoms with Crippen molar-refractivity contribution < 1.29 is 4.92 Å². The third kappa shape index (κ3) is 1.77. The van der Waals surface area contributed by atoms with E-state index >= 15 is 0 Å². The van der Waals surface area contributed by atoms with Gasteiger partial charge in [-0.3, -0.25) is 10.1 Å². The minimum Gasteiger partial charge on any atom is -0.264 e. The van der Waals surface area contributed by atoms with Crippen LogP contribution in [0.3, 0.4) is 0 Å². The highest BCUT2D eigenvalue weighted by molar-refractivity contribution is 6.18. The number of nitrogens with zero attached hydrogens (tertiary/aromatic N) is 3. The maximum absolute atomic E-state index is 9.81. The first-order chi connectivity index (χ1) is 4.79. The second kappa shape index (κ2) is 2.86. The van der Waals surface area contributed by atoms with Crippen molar-refractivity contribution in [2.24, 2.45) is 9.98 Å². The van der Waals surface area contributed by atoms with Gasteiger partial charge in [-0.15, -0.1) is 0 Å². The van der Waals surface area contributed by atoms with Crippen molar-refractivity contribution >= 4 is 12.4 Å². The highest BCUT2D eigenvalue weighted by atomic mass is 16.6. The van der Waals surface area contributed by atoms with Crippen LogP contribution in [0.15, 0.2) is 21.9 Å². The van der Waals surface area contributed by atoms with Crippen molar-refractivity contribution in [2.45, 2.75) is 0 Å². The predicted octanol–water partition coefficient (Wildman–Crippen LogP) is 0.260. The van der Waals surface area contributed by atoms with Crippen molar-refractivity contribution in [1.29, 1.82) is 0 Å². The average molecular weight is 139 g/mol. The molecule has 0 saturated heterocycles. The Balaban J connectivity index is 2.48. The number of hydrogen-bond donors (Lipinski definition) is 0. The van der Waals surface area contributed by atoms with Crippen LogP contribution in [0.2, 0.25) is 0 Å². The zero-order valence-electron chi connectivity index (χ0n) is 5.10. The molecule has 5 nitrogen and oxygen atoms in total. The van der Waals surface area contributed by atoms with Crippen molar-refractivity contribution in [2.75, 3.05) is 6.54 Å². The zero-order chi connectivity index (χ0) is 7.40. The van der Waals surface area contributed by atoms with Gasteiger partial charge in [-0.25, -0.2) is 9.98 Å². The van der Waals surface area contributed by atoms with Gasteiger partial charge in [0.1, 0.15) is 0 Å². The Morgan fingerprint density at radius 3 is 2.70 bits per heavy atom. The van der Waals surface area contributed by atoms with Crippen molar-refractivity contribution in [3.05, 3.63) is 22.0 Å². The van der Waals surface area contributed by atoms with Crippen LogP contribution < -0.4 is 0 Å². The van der Waals surface area contributed by atoms with Crippen LogP contribution in [-0.4, -0.2) is 23.9 Å². The Hall–Kier alpha value is -1.52. The molecule has 0 amide bonds. The first kappa shape index (κ1) is 6.60. The maximum Gasteiger partial charge on any atom is 0.226 e. The summed E-state index contributed by atoms with van der Waals surface area (Å²) in [6.45, 7) is -0.218. The molecule has 1 rings (SSSR count). The molecule has 0 spiro atoms. The summed E-state index contributed by atoms with van der Waals surface area (Å²) in [7, 11) is 0. The molecule has 1 aliphatic heterocycles. The van der Waals surface area contributed by atoms with E-state index in [9.17, 15) is 10.1 Å². The van der Waals surface area contributed by atoms with E-state index in [1.54, 1.807) is 0 Å². The number of aliphatic imine (C=N–C) groups is 2. The normalized spacial score (nSPS) is 14.2. The first-order valence-corrected chi connectivity index (χ1v) is 2.68. The molecule has 0 fully saturated rings. The van der Waals surface area contributed by atoms with Crippen LogP contribution in [0, 0.1) is 10.1 Å². The number of rotatable bonds is 2. The molecule has 0 bridgehead atoms. The first-order valence-electron chi connectivity index (χ1n) is 2.68. The molecule has 1 aliphatic rings. The average Bonchev–Trinajstić information content (AvgIpc) is 2.34. The van der Waals surface area contributed by atoms with Crippen LogP contribution >= 0.6 is 0 Å². The standard InChI is InChI=1S/C5H5N3O2/c9-8(10)4-1-5-6-2-3-7-5/h1-3H,4H2. The largest absolute Gasteiger partial charge is 0.264 e. The SMILES string of the molecule is O=[N+]([O-])CC=C1N=CC=N1. The molecule has 10 heavy (non-hydrogen) atoms. The van der Waals surface area contributed by atoms with Crippen LogP contribution in [-0.2, 0) is 0 Å². The molecule has 0 N–H and O–H groups in total. The van der Waals surface area contributed by atoms with Gasteiger partial charge in [0.25, 0.3) is 0 Å². The van der Waals surface area contributed by atoms with Gasteiger partial charge < -0.3 is 0 Å². The van der Waals surface area contributed by atoms with E-state index in [0.29, 0.717) is 5.82 Å². The predicted molar refractivity (Wildman–Crippen MR) is 36.9 cm³/mol. The Morgan fingerprint density at radius 2 is 2.20 bits per heavy atom. The monoisotopic (exact) mass is 139 g/mol. The minimum atomic E-state index is -0.434. The molecular formula is C5H5N3O2. The van der Waals surface area contributed by atoms with Gasteiger partial charge in [-0.2, -0.15) is 0 Å². The molecular weight excluding hydrogens is 134 g/mol. The number of nitro groups is 1. The molecule has 0 unspecified atom stereocenters. The van der Waals surface area contributed by atoms with Gasteiger partial charge >= 0.3 is 0 Å². The highest BCUT2D eigenvalue weighted by Gasteiger charge is 1.96. The van der Waals surface area contributed by atoms with Crippen molar-refractivity contribution in [1.82, 2.24) is 0 Å². The summed E-state index contributed by atoms with van der Waals surface area (Å²) < 4.78 is 0. The quantitative estimate of drug-likeness (QED) is 0.406. The lowest BCUT2D eigenvalue weighted by Gasteiger charge is -1.84. The molecule has 1 heterocycles. The van der Waals surface area contributed by atoms with E-state index in [-0.39, 0.29) is 6.54 Å². The molecule has 0 aromatic rings. The van der Waals surface area contributed by atoms with Gasteiger partial charge in [-0.1, -0.05) is 0 Å². The van der Waals surface area contributed by atoms with E-state index < -0.39 is 4.92 Å². The third-order valence-corrected chi connectivity index (χ3v) is 0.903. The molecule has 52 valence electrons. The van der Waals surface area contributed by atoms with Gasteiger partial charge in [-0.05, 0) is 0 Å². The van der Waals surface area contributed by atoms with E-state index in [4.69, 9.17) is 0 Å². The van der Waals surface area contributed by atoms with Crippen molar-refractivity contribution in [3.63, 3.8) is 0 Å². The van der Waals surface area contributed by atoms with Crippen LogP contribution in [0.5, 0.6) is 0 Å². The highest BCUT2D eigenvalue weighted by Crippen LogP contribution is 1.99. The van der Waals surface area contributed by atoms with E-state index in [1.807, 2.05) is 0 Å². The molecule has 0 radical (unpaired) electrons. The van der Waals surface area contributed by atoms with Crippen molar-refractivity contribution in [3.8, 4) is 0 Å². The Bertz CT molecular complexity index is 215. The molecule has 0 aliphatic carbocycles. The molecule has 0 saturated carbocycles. The second-order valence-electron chi connectivity index (χ2n) is 1.63. The lowest BCUT2D eigenvalue weighted by Crippen LogP contribution is -1.96. The Kier molecular flexibility index (Phi) is 1.89. The van der Waals surface area contributed by atoms with Crippen LogP contribution in [0.4, 0.5) is 0 Å². The lowest BCUT2D eigenvalue weighted by molar-refractivity contribution is -0.468. The fourth-order valence-corrected chi connectivity index (χ4v) is 0.514. The van der Waals surface area contributed by atoms with Gasteiger partial charge in [0.05, 0.1) is 0 Å². The van der Waals surface area contributed by atoms with E-state index in [2.05, 4.69) is 9.98 Å². The molecule has 0 atom stereocenters. The maximum atomic E-state index is 9.81. The Labute approximate surface area is 56.9 Å². The molecule has 0 aromatic carbocycles. The van der Waals surface area contributed by atoms with Gasteiger partial charge in [0, 0.05) is 23.4 Å². The summed E-state index contributed by atoms with van der Waals surface area (Å²) in [6.07, 6.45) is 4.34. The van der Waals surface area contributed by atoms with E-state index in [0.717, 1.165) is 0 Å². The minimum absolute atomic E-state index is 0.218. The summed E-state index contributed by atoms with van der Waals surface area (Å²) in [5.41, 5.74) is 0. The Morgan fingerprint density at radius 1 is 1.60 bits per heavy atom. The fourth-order valence-electron chi connectivity index (χ4n) is 0.514. The third-order valence-electron chi connectivity index (χ3n) is 0.903. The van der Waals surface area contributed by atoms with Gasteiger partial charge in [0.2, 0.25) is 6.54 Å². The number of hydrogen-bond acceptors (Lipinski definition) is 4. The molecule has 0 aromatic heterocycles. The second-order valence-corrected chi connectivity index (χ2v) is 1.63. The summed E-state index contributed by atoms with van der Waals surface area (Å²) in [4.78, 5) is 16.8. The van der Waals surface area contributed by atoms with Crippen LogP contribution in [0.1, 0.15) is 0 Å².